The van der Waals surface area contributed by atoms with Crippen LogP contribution in [0.1, 0.15) is 96.6 Å². The van der Waals surface area contributed by atoms with Crippen molar-refractivity contribution >= 4 is 58.2 Å². The van der Waals surface area contributed by atoms with Crippen molar-refractivity contribution < 1.29 is 28.7 Å². The van der Waals surface area contributed by atoms with E-state index in [4.69, 9.17) is 42.6 Å². The van der Waals surface area contributed by atoms with Crippen LogP contribution in [-0.4, -0.2) is 81.0 Å². The molecule has 4 aromatic carbocycles. The van der Waals surface area contributed by atoms with Crippen LogP contribution in [0.3, 0.4) is 0 Å². The van der Waals surface area contributed by atoms with Crippen molar-refractivity contribution in [3.63, 3.8) is 0 Å². The van der Waals surface area contributed by atoms with Crippen LogP contribution < -0.4 is 10.6 Å². The van der Waals surface area contributed by atoms with E-state index in [1.807, 2.05) is 52.3 Å². The van der Waals surface area contributed by atoms with E-state index in [1.165, 1.54) is 14.2 Å². The Hall–Kier alpha value is -6.82. The third-order valence-electron chi connectivity index (χ3n) is 13.6. The number of hydrogen-bond donors (Lipinski definition) is 4. The summed E-state index contributed by atoms with van der Waals surface area (Å²) in [5.41, 5.74) is 6.21. The van der Waals surface area contributed by atoms with Gasteiger partial charge in [0.1, 0.15) is 23.7 Å². The molecular weight excluding hydrogens is 880 g/mol. The highest BCUT2D eigenvalue weighted by Crippen LogP contribution is 2.59. The molecule has 66 heavy (non-hydrogen) atoms. The molecule has 2 aromatic heterocycles. The first-order chi connectivity index (χ1) is 31.9. The molecule has 4 heterocycles. The van der Waals surface area contributed by atoms with Gasteiger partial charge >= 0.3 is 12.2 Å². The van der Waals surface area contributed by atoms with Gasteiger partial charge in [-0.3, -0.25) is 9.59 Å². The Bertz CT molecular complexity index is 2910. The minimum absolute atomic E-state index is 0.0345. The number of H-pyrrole nitrogens is 2. The van der Waals surface area contributed by atoms with Crippen molar-refractivity contribution in [1.29, 1.82) is 0 Å². The molecule has 2 spiro atoms. The number of hydrogen-bond acceptors (Lipinski definition) is 8. The average Bonchev–Trinajstić information content (AvgIpc) is 3.95. The van der Waals surface area contributed by atoms with Gasteiger partial charge in [0.15, 0.2) is 0 Å². The number of imidazole rings is 2. The molecule has 4 fully saturated rings. The number of alkyl carbamates (subject to hydrolysis) is 2. The van der Waals surface area contributed by atoms with Crippen LogP contribution in [0.5, 0.6) is 0 Å². The number of carbonyl (C=O) groups is 4. The molecule has 2 saturated carbocycles. The zero-order valence-corrected chi connectivity index (χ0v) is 37.7. The molecular formula is C50H46Cl2N8O6. The summed E-state index contributed by atoms with van der Waals surface area (Å²) in [4.78, 5) is 73.8. The summed E-state index contributed by atoms with van der Waals surface area (Å²) in [7, 11) is 2.54. The Morgan fingerprint density at radius 1 is 0.682 bits per heavy atom. The van der Waals surface area contributed by atoms with Crippen LogP contribution in [-0.2, 0) is 19.1 Å². The number of benzene rings is 4. The molecule has 0 unspecified atom stereocenters. The summed E-state index contributed by atoms with van der Waals surface area (Å²) >= 11 is 12.3. The molecule has 14 nitrogen and oxygen atoms in total. The van der Waals surface area contributed by atoms with Crippen LogP contribution in [0.25, 0.3) is 22.3 Å². The van der Waals surface area contributed by atoms with Gasteiger partial charge in [-0.15, -0.1) is 0 Å². The first-order valence-electron chi connectivity index (χ1n) is 21.9. The van der Waals surface area contributed by atoms with Gasteiger partial charge < -0.3 is 39.9 Å². The lowest BCUT2D eigenvalue weighted by atomic mass is 10.0. The molecule has 336 valence electrons. The summed E-state index contributed by atoms with van der Waals surface area (Å²) in [6, 6.07) is 24.9. The number of aromatic nitrogens is 4. The minimum atomic E-state index is -0.961. The Balaban J connectivity index is 0.840. The quantitative estimate of drug-likeness (QED) is 0.104. The van der Waals surface area contributed by atoms with Crippen LogP contribution in [0.4, 0.5) is 9.59 Å². The summed E-state index contributed by atoms with van der Waals surface area (Å²) < 4.78 is 9.76. The molecule has 2 aliphatic heterocycles. The Labute approximate surface area is 390 Å². The first kappa shape index (κ1) is 43.1. The van der Waals surface area contributed by atoms with Crippen molar-refractivity contribution in [2.45, 2.75) is 62.7 Å². The number of aromatic amines is 2. The van der Waals surface area contributed by atoms with Crippen LogP contribution in [0, 0.1) is 22.7 Å². The second kappa shape index (κ2) is 17.2. The Morgan fingerprint density at radius 3 is 1.70 bits per heavy atom. The zero-order chi connectivity index (χ0) is 45.7. The maximum atomic E-state index is 14.3. The number of amides is 4. The molecule has 2 saturated heterocycles. The number of rotatable bonds is 9. The molecule has 16 heteroatoms. The van der Waals surface area contributed by atoms with E-state index in [-0.39, 0.29) is 34.7 Å². The van der Waals surface area contributed by atoms with Gasteiger partial charge in [-0.2, -0.15) is 0 Å². The average molecular weight is 926 g/mol. The number of halogens is 2. The third kappa shape index (κ3) is 8.68. The predicted molar refractivity (Wildman–Crippen MR) is 247 cm³/mol. The summed E-state index contributed by atoms with van der Waals surface area (Å²) in [5.74, 6) is 7.47. The zero-order valence-electron chi connectivity index (χ0n) is 36.2. The largest absolute Gasteiger partial charge is 0.453 e. The van der Waals surface area contributed by atoms with Crippen molar-refractivity contribution in [3.8, 4) is 23.1 Å². The molecule has 4 N–H and O–H groups in total. The predicted octanol–water partition coefficient (Wildman–Crippen LogP) is 8.96. The standard InChI is InChI=1S/C50H46Cl2N8O6/c1-65-47(63)57-41(32-10-14-34(51)15-11-32)45(61)59-27-49(19-20-49)24-39(59)43-53-26-38(56-43)31-8-5-29(6-9-31)3-4-30-7-18-36-37(23-30)55-44(54-36)40-25-50(21-22-50)28-60(40)46(62)42(58-48(64)66-2)33-12-16-35(52)17-13-33/h5-18,23,26,39-42H,19-22,24-25,27-28H2,1-2H3,(H,53,56)(H,54,55)(H,57,63)(H,58,64)/t39-,40-,41+,42+/m0/s1. The van der Waals surface area contributed by atoms with Crippen LogP contribution in [0.15, 0.2) is 97.2 Å². The van der Waals surface area contributed by atoms with Gasteiger partial charge in [-0.25, -0.2) is 19.6 Å². The minimum Gasteiger partial charge on any atom is -0.453 e. The van der Waals surface area contributed by atoms with Crippen LogP contribution >= 0.6 is 23.2 Å². The van der Waals surface area contributed by atoms with Gasteiger partial charge in [-0.05, 0) is 121 Å². The summed E-state index contributed by atoms with van der Waals surface area (Å²) in [6.45, 7) is 1.15. The van der Waals surface area contributed by atoms with E-state index in [9.17, 15) is 19.2 Å². The lowest BCUT2D eigenvalue weighted by Crippen LogP contribution is -2.43. The van der Waals surface area contributed by atoms with E-state index >= 15 is 0 Å². The van der Waals surface area contributed by atoms with E-state index in [0.29, 0.717) is 45.9 Å². The van der Waals surface area contributed by atoms with E-state index in [0.717, 1.165) is 71.9 Å². The van der Waals surface area contributed by atoms with Crippen molar-refractivity contribution in [3.05, 3.63) is 141 Å². The number of ether oxygens (including phenoxy) is 2. The van der Waals surface area contributed by atoms with Crippen molar-refractivity contribution in [1.82, 2.24) is 40.4 Å². The first-order valence-corrected chi connectivity index (χ1v) is 22.6. The van der Waals surface area contributed by atoms with E-state index in [1.54, 1.807) is 54.7 Å². The fourth-order valence-electron chi connectivity index (χ4n) is 9.51. The van der Waals surface area contributed by atoms with Crippen LogP contribution in [0.2, 0.25) is 10.0 Å². The highest BCUT2D eigenvalue weighted by molar-refractivity contribution is 6.30. The van der Waals surface area contributed by atoms with Crippen molar-refractivity contribution in [2.24, 2.45) is 10.8 Å². The van der Waals surface area contributed by atoms with Gasteiger partial charge in [-0.1, -0.05) is 71.4 Å². The lowest BCUT2D eigenvalue weighted by molar-refractivity contribution is -0.135. The second-order valence-electron chi connectivity index (χ2n) is 18.0. The van der Waals surface area contributed by atoms with Gasteiger partial charge in [0.2, 0.25) is 0 Å². The number of nitrogens with zero attached hydrogens (tertiary/aromatic N) is 4. The monoisotopic (exact) mass is 924 g/mol. The SMILES string of the molecule is COC(=O)N[C@@H](C(=O)N1CC2(CC2)C[C@H]1c1ncc(-c2ccc(C#Cc3ccc4nc([C@@H]5CC6(CC6)CN5C(=O)[C@H](NC(=O)OC)c5ccc(Cl)cc5)[nH]c4c3)cc2)[nH]1)c1ccc(Cl)cc1. The lowest BCUT2D eigenvalue weighted by Gasteiger charge is -2.28. The molecule has 0 radical (unpaired) electrons. The molecule has 10 rings (SSSR count). The molecule has 2 aliphatic carbocycles. The van der Waals surface area contributed by atoms with Gasteiger partial charge in [0.05, 0.1) is 49.2 Å². The number of methoxy groups -OCH3 is 2. The number of nitrogens with one attached hydrogen (secondary N) is 4. The number of fused-ring (bicyclic) bond motifs is 1. The molecule has 4 atom stereocenters. The summed E-state index contributed by atoms with van der Waals surface area (Å²) in [6.07, 6.45) is 6.05. The molecule has 4 amide bonds. The smallest absolute Gasteiger partial charge is 0.407 e. The van der Waals surface area contributed by atoms with E-state index < -0.39 is 24.3 Å². The normalized spacial score (nSPS) is 19.5. The second-order valence-corrected chi connectivity index (χ2v) is 18.8. The Kier molecular flexibility index (Phi) is 11.2. The topological polar surface area (TPSA) is 175 Å². The van der Waals surface area contributed by atoms with Crippen molar-refractivity contribution in [2.75, 3.05) is 27.3 Å². The number of likely N-dealkylation sites (tertiary alicyclic amines) is 2. The Morgan fingerprint density at radius 2 is 1.18 bits per heavy atom. The maximum Gasteiger partial charge on any atom is 0.407 e. The highest BCUT2D eigenvalue weighted by Gasteiger charge is 2.56. The molecule has 4 aliphatic rings. The molecule has 0 bridgehead atoms. The van der Waals surface area contributed by atoms with Gasteiger partial charge in [0.25, 0.3) is 11.8 Å². The fourth-order valence-corrected chi connectivity index (χ4v) is 9.76. The highest BCUT2D eigenvalue weighted by atomic mass is 35.5. The maximum absolute atomic E-state index is 14.3. The number of carbonyl (C=O) groups excluding carboxylic acids is 4. The van der Waals surface area contributed by atoms with Gasteiger partial charge in [0, 0.05) is 34.3 Å². The fraction of sp³-hybridized carbons (Fsp3) is 0.320. The van der Waals surface area contributed by atoms with E-state index in [2.05, 4.69) is 32.4 Å². The molecule has 6 aromatic rings. The third-order valence-corrected chi connectivity index (χ3v) is 14.1. The summed E-state index contributed by atoms with van der Waals surface area (Å²) in [5, 5.41) is 6.52.